The maximum absolute atomic E-state index is 13.6. The number of benzene rings is 1. The molecule has 0 unspecified atom stereocenters. The molecule has 29 heavy (non-hydrogen) atoms. The van der Waals surface area contributed by atoms with Gasteiger partial charge < -0.3 is 15.2 Å². The summed E-state index contributed by atoms with van der Waals surface area (Å²) in [4.78, 5) is 33.6. The quantitative estimate of drug-likeness (QED) is 0.699. The number of hydrogen-bond donors (Lipinski definition) is 2. The molecule has 4 rings (SSSR count). The summed E-state index contributed by atoms with van der Waals surface area (Å²) in [7, 11) is 0. The lowest BCUT2D eigenvalue weighted by Gasteiger charge is -2.21. The van der Waals surface area contributed by atoms with Crippen LogP contribution in [-0.2, 0) is 6.18 Å². The normalized spacial score (nSPS) is 14.4. The van der Waals surface area contributed by atoms with Crippen molar-refractivity contribution in [3.63, 3.8) is 0 Å². The van der Waals surface area contributed by atoms with E-state index in [1.165, 1.54) is 24.7 Å². The average molecular weight is 402 g/mol. The Labute approximate surface area is 163 Å². The number of anilines is 2. The second-order valence-electron chi connectivity index (χ2n) is 6.83. The number of carbonyl (C=O) groups excluding carboxylic acids is 1. The van der Waals surface area contributed by atoms with Crippen molar-refractivity contribution in [1.82, 2.24) is 9.97 Å². The minimum absolute atomic E-state index is 0.181. The number of amides is 1. The van der Waals surface area contributed by atoms with Crippen molar-refractivity contribution < 1.29 is 18.0 Å². The van der Waals surface area contributed by atoms with Crippen molar-refractivity contribution >= 4 is 28.2 Å². The van der Waals surface area contributed by atoms with E-state index in [4.69, 9.17) is 0 Å². The topological polar surface area (TPSA) is 78.1 Å². The van der Waals surface area contributed by atoms with Crippen molar-refractivity contribution in [3.05, 3.63) is 64.2 Å². The molecule has 1 aromatic carbocycles. The molecule has 150 valence electrons. The second-order valence-corrected chi connectivity index (χ2v) is 6.83. The fourth-order valence-electron chi connectivity index (χ4n) is 3.47. The predicted molar refractivity (Wildman–Crippen MR) is 103 cm³/mol. The van der Waals surface area contributed by atoms with Crippen LogP contribution in [0.25, 0.3) is 10.9 Å². The minimum Gasteiger partial charge on any atom is -0.372 e. The molecule has 0 aliphatic carbocycles. The third-order valence-corrected chi connectivity index (χ3v) is 4.95. The van der Waals surface area contributed by atoms with Crippen LogP contribution < -0.4 is 15.6 Å². The van der Waals surface area contributed by atoms with E-state index in [1.807, 2.05) is 4.90 Å². The molecular formula is C20H17F3N4O2. The molecule has 1 aliphatic heterocycles. The first-order valence-electron chi connectivity index (χ1n) is 9.07. The van der Waals surface area contributed by atoms with Gasteiger partial charge in [0.1, 0.15) is 5.56 Å². The Bertz CT molecular complexity index is 1130. The zero-order valence-corrected chi connectivity index (χ0v) is 15.2. The smallest absolute Gasteiger partial charge is 0.372 e. The van der Waals surface area contributed by atoms with Gasteiger partial charge in [0.2, 0.25) is 5.43 Å². The zero-order valence-electron chi connectivity index (χ0n) is 15.2. The van der Waals surface area contributed by atoms with Crippen LogP contribution in [0.1, 0.15) is 28.8 Å². The molecule has 9 heteroatoms. The molecule has 1 amide bonds. The molecule has 6 nitrogen and oxygen atoms in total. The molecule has 0 radical (unpaired) electrons. The number of hydrogen-bond acceptors (Lipinski definition) is 4. The number of alkyl halides is 3. The van der Waals surface area contributed by atoms with E-state index in [0.29, 0.717) is 24.3 Å². The fourth-order valence-corrected chi connectivity index (χ4v) is 3.47. The van der Waals surface area contributed by atoms with Gasteiger partial charge in [0, 0.05) is 37.4 Å². The van der Waals surface area contributed by atoms with Crippen molar-refractivity contribution in [2.75, 3.05) is 23.3 Å². The van der Waals surface area contributed by atoms with Gasteiger partial charge in [0.05, 0.1) is 22.2 Å². The van der Waals surface area contributed by atoms with Gasteiger partial charge in [-0.05, 0) is 37.1 Å². The molecule has 0 atom stereocenters. The monoisotopic (exact) mass is 402 g/mol. The van der Waals surface area contributed by atoms with Gasteiger partial charge in [-0.1, -0.05) is 0 Å². The molecule has 1 aliphatic rings. The average Bonchev–Trinajstić information content (AvgIpc) is 3.22. The number of carbonyl (C=O) groups is 1. The summed E-state index contributed by atoms with van der Waals surface area (Å²) in [5.74, 6) is -0.920. The van der Waals surface area contributed by atoms with Crippen LogP contribution in [0.4, 0.5) is 24.5 Å². The van der Waals surface area contributed by atoms with Crippen LogP contribution in [-0.4, -0.2) is 29.0 Å². The molecular weight excluding hydrogens is 385 g/mol. The maximum atomic E-state index is 13.6. The molecule has 0 saturated carbocycles. The first-order valence-corrected chi connectivity index (χ1v) is 9.07. The largest absolute Gasteiger partial charge is 0.418 e. The molecule has 2 aromatic heterocycles. The number of aromatic amines is 1. The molecule has 1 fully saturated rings. The Kier molecular flexibility index (Phi) is 4.73. The van der Waals surface area contributed by atoms with E-state index in [-0.39, 0.29) is 10.9 Å². The summed E-state index contributed by atoms with van der Waals surface area (Å²) < 4.78 is 40.8. The van der Waals surface area contributed by atoms with E-state index in [2.05, 4.69) is 15.3 Å². The van der Waals surface area contributed by atoms with Crippen LogP contribution in [0, 0.1) is 0 Å². The highest BCUT2D eigenvalue weighted by molar-refractivity contribution is 6.06. The van der Waals surface area contributed by atoms with Crippen LogP contribution in [0.15, 0.2) is 47.7 Å². The lowest BCUT2D eigenvalue weighted by molar-refractivity contribution is -0.136. The number of H-pyrrole nitrogens is 1. The third-order valence-electron chi connectivity index (χ3n) is 4.95. The Hall–Kier alpha value is -3.36. The Balaban J connectivity index is 1.69. The highest BCUT2D eigenvalue weighted by atomic mass is 19.4. The zero-order chi connectivity index (χ0) is 20.6. The predicted octanol–water partition coefficient (Wildman–Crippen LogP) is 3.79. The van der Waals surface area contributed by atoms with Crippen LogP contribution >= 0.6 is 0 Å². The minimum atomic E-state index is -4.65. The number of rotatable bonds is 3. The second kappa shape index (κ2) is 7.23. The van der Waals surface area contributed by atoms with Gasteiger partial charge in [-0.25, -0.2) is 0 Å². The van der Waals surface area contributed by atoms with Gasteiger partial charge in [-0.15, -0.1) is 0 Å². The molecule has 3 heterocycles. The van der Waals surface area contributed by atoms with Crippen LogP contribution in [0.2, 0.25) is 0 Å². The highest BCUT2D eigenvalue weighted by Crippen LogP contribution is 2.38. The lowest BCUT2D eigenvalue weighted by atomic mass is 10.1. The van der Waals surface area contributed by atoms with Crippen molar-refractivity contribution in [3.8, 4) is 0 Å². The molecule has 3 aromatic rings. The van der Waals surface area contributed by atoms with Crippen molar-refractivity contribution in [2.45, 2.75) is 19.0 Å². The third kappa shape index (κ3) is 3.67. The fraction of sp³-hybridized carbons (Fsp3) is 0.250. The first-order chi connectivity index (χ1) is 13.8. The Morgan fingerprint density at radius 3 is 2.66 bits per heavy atom. The Morgan fingerprint density at radius 1 is 1.17 bits per heavy atom. The molecule has 0 bridgehead atoms. The van der Waals surface area contributed by atoms with E-state index >= 15 is 0 Å². The summed E-state index contributed by atoms with van der Waals surface area (Å²) in [5.41, 5.74) is -1.30. The number of pyridine rings is 2. The summed E-state index contributed by atoms with van der Waals surface area (Å²) in [6.45, 7) is 1.40. The van der Waals surface area contributed by atoms with E-state index in [9.17, 15) is 22.8 Å². The number of nitrogens with one attached hydrogen (secondary N) is 2. The molecule has 1 saturated heterocycles. The van der Waals surface area contributed by atoms with Crippen molar-refractivity contribution in [1.29, 1.82) is 0 Å². The summed E-state index contributed by atoms with van der Waals surface area (Å²) in [6, 6.07) is 5.38. The standard InChI is InChI=1S/C20H17F3N4O2/c21-20(22,23)15-9-12(27-7-1-2-8-27)3-4-17(15)26-19(29)14-11-25-16-5-6-24-10-13(16)18(14)28/h3-6,9-11H,1-2,7-8H2,(H,25,28)(H,26,29). The highest BCUT2D eigenvalue weighted by Gasteiger charge is 2.35. The van der Waals surface area contributed by atoms with Crippen LogP contribution in [0.3, 0.4) is 0 Å². The van der Waals surface area contributed by atoms with E-state index in [0.717, 1.165) is 18.9 Å². The Morgan fingerprint density at radius 2 is 1.93 bits per heavy atom. The molecule has 0 spiro atoms. The molecule has 2 N–H and O–H groups in total. The van der Waals surface area contributed by atoms with Gasteiger partial charge in [0.25, 0.3) is 5.91 Å². The lowest BCUT2D eigenvalue weighted by Crippen LogP contribution is -2.24. The SMILES string of the molecule is O=C(Nc1ccc(N2CCCC2)cc1C(F)(F)F)c1c[nH]c2ccncc2c1=O. The summed E-state index contributed by atoms with van der Waals surface area (Å²) >= 11 is 0. The van der Waals surface area contributed by atoms with Gasteiger partial charge in [-0.3, -0.25) is 14.6 Å². The first kappa shape index (κ1) is 19.0. The van der Waals surface area contributed by atoms with Crippen molar-refractivity contribution in [2.24, 2.45) is 0 Å². The summed E-state index contributed by atoms with van der Waals surface area (Å²) in [6.07, 6.45) is 1.18. The van der Waals surface area contributed by atoms with Gasteiger partial charge >= 0.3 is 6.18 Å². The van der Waals surface area contributed by atoms with Gasteiger partial charge in [0.15, 0.2) is 0 Å². The number of aromatic nitrogens is 2. The number of fused-ring (bicyclic) bond motifs is 1. The van der Waals surface area contributed by atoms with E-state index < -0.39 is 28.8 Å². The van der Waals surface area contributed by atoms with E-state index in [1.54, 1.807) is 12.1 Å². The maximum Gasteiger partial charge on any atom is 0.418 e. The van der Waals surface area contributed by atoms with Gasteiger partial charge in [-0.2, -0.15) is 13.2 Å². The van der Waals surface area contributed by atoms with Crippen LogP contribution in [0.5, 0.6) is 0 Å². The summed E-state index contributed by atoms with van der Waals surface area (Å²) in [5, 5.41) is 2.42. The number of nitrogens with zero attached hydrogens (tertiary/aromatic N) is 2. The number of halogens is 3.